The van der Waals surface area contributed by atoms with Crippen LogP contribution in [0, 0.1) is 13.8 Å². The van der Waals surface area contributed by atoms with Crippen LogP contribution in [-0.4, -0.2) is 4.61 Å². The molecule has 0 radical (unpaired) electrons. The molecule has 0 bridgehead atoms. The van der Waals surface area contributed by atoms with Crippen molar-refractivity contribution in [2.24, 2.45) is 0 Å². The van der Waals surface area contributed by atoms with Crippen LogP contribution in [0.5, 0.6) is 0 Å². The molecule has 0 amide bonds. The Kier molecular flexibility index (Phi) is 15.3. The van der Waals surface area contributed by atoms with Gasteiger partial charge in [-0.15, -0.1) is 0 Å². The van der Waals surface area contributed by atoms with Crippen molar-refractivity contribution in [3.63, 3.8) is 0 Å². The Morgan fingerprint density at radius 1 is 0.833 bits per heavy atom. The average molecular weight is 450 g/mol. The monoisotopic (exact) mass is 450 g/mol. The maximum atomic E-state index is 5.91. The zero-order valence-corrected chi connectivity index (χ0v) is 17.6. The molecular weight excluding hydrogens is 424 g/mol. The van der Waals surface area contributed by atoms with Crippen LogP contribution in [0.4, 0.5) is 0 Å². The number of rotatable bonds is 3. The second-order valence-corrected chi connectivity index (χ2v) is 10.4. The first kappa shape index (κ1) is 23.3. The van der Waals surface area contributed by atoms with Crippen molar-refractivity contribution in [3.8, 4) is 0 Å². The van der Waals surface area contributed by atoms with Gasteiger partial charge in [0.05, 0.1) is 0 Å². The van der Waals surface area contributed by atoms with Gasteiger partial charge in [-0.25, -0.2) is 0 Å². The van der Waals surface area contributed by atoms with Crippen molar-refractivity contribution < 1.29 is 13.5 Å². The van der Waals surface area contributed by atoms with E-state index >= 15 is 0 Å². The predicted molar refractivity (Wildman–Crippen MR) is 109 cm³/mol. The Balaban J connectivity index is 0.000000772. The maximum absolute atomic E-state index is 5.91. The fraction of sp³-hybridized carbons (Fsp3) is 0.190. The molecule has 0 unspecified atom stereocenters. The van der Waals surface area contributed by atoms with Crippen LogP contribution in [0.15, 0.2) is 66.7 Å². The van der Waals surface area contributed by atoms with Gasteiger partial charge in [0.15, 0.2) is 0 Å². The Morgan fingerprint density at radius 2 is 1.17 bits per heavy atom. The van der Waals surface area contributed by atoms with E-state index in [9.17, 15) is 0 Å². The second-order valence-electron chi connectivity index (χ2n) is 4.64. The fourth-order valence-corrected chi connectivity index (χ4v) is 2.73. The third-order valence-electron chi connectivity index (χ3n) is 2.48. The van der Waals surface area contributed by atoms with Crippen LogP contribution in [0.1, 0.15) is 37.8 Å². The summed E-state index contributed by atoms with van der Waals surface area (Å²) in [4.78, 5) is 0. The van der Waals surface area contributed by atoms with E-state index in [-0.39, 0.29) is 0 Å². The summed E-state index contributed by atoms with van der Waals surface area (Å²) in [5, 5.41) is 0. The molecule has 0 nitrogen and oxygen atoms in total. The van der Waals surface area contributed by atoms with Crippen molar-refractivity contribution in [1.29, 1.82) is 0 Å². The molecule has 0 fully saturated rings. The van der Waals surface area contributed by atoms with Gasteiger partial charge in [0.2, 0.25) is 0 Å². The summed E-state index contributed by atoms with van der Waals surface area (Å²) in [6.45, 7) is 11.0. The third-order valence-corrected chi connectivity index (χ3v) is 4.27. The van der Waals surface area contributed by atoms with Gasteiger partial charge < -0.3 is 13.8 Å². The van der Waals surface area contributed by atoms with Crippen LogP contribution < -0.4 is 0 Å². The van der Waals surface area contributed by atoms with E-state index in [2.05, 4.69) is 38.1 Å². The molecule has 0 aliphatic heterocycles. The van der Waals surface area contributed by atoms with E-state index in [1.165, 1.54) is 11.1 Å². The van der Waals surface area contributed by atoms with Gasteiger partial charge in [-0.3, -0.25) is 0 Å². The molecule has 24 heavy (non-hydrogen) atoms. The van der Waals surface area contributed by atoms with Gasteiger partial charge in [-0.05, 0) is 0 Å². The minimum atomic E-state index is -1.77. The van der Waals surface area contributed by atoms with E-state index in [1.807, 2.05) is 60.9 Å². The molecule has 3 heteroatoms. The van der Waals surface area contributed by atoms with E-state index in [1.54, 1.807) is 0 Å². The Labute approximate surface area is 161 Å². The van der Waals surface area contributed by atoms with Crippen molar-refractivity contribution in [2.45, 2.75) is 26.7 Å². The van der Waals surface area contributed by atoms with Crippen molar-refractivity contribution >= 4 is 29.6 Å². The molecular formula is C21H26Cl2Ru-2. The Morgan fingerprint density at radius 3 is 1.46 bits per heavy atom. The van der Waals surface area contributed by atoms with E-state index in [4.69, 9.17) is 19.4 Å². The summed E-state index contributed by atoms with van der Waals surface area (Å²) in [5.41, 5.74) is 3.49. The third kappa shape index (κ3) is 10.9. The summed E-state index contributed by atoms with van der Waals surface area (Å²) >= 11 is -1.77. The number of allylic oxidation sites excluding steroid dienone is 1. The molecule has 0 heterocycles. The molecule has 0 aliphatic rings. The number of hydrogen-bond donors (Lipinski definition) is 0. The van der Waals surface area contributed by atoms with Gasteiger partial charge in [-0.1, -0.05) is 13.8 Å². The first-order valence-corrected chi connectivity index (χ1v) is 13.3. The van der Waals surface area contributed by atoms with Gasteiger partial charge in [0.25, 0.3) is 0 Å². The summed E-state index contributed by atoms with van der Waals surface area (Å²) < 4.78 is 1.92. The molecule has 0 saturated carbocycles. The van der Waals surface area contributed by atoms with Crippen LogP contribution in [0.3, 0.4) is 0 Å². The molecule has 2 aromatic rings. The van der Waals surface area contributed by atoms with Crippen molar-refractivity contribution in [2.75, 3.05) is 0 Å². The predicted octanol–water partition coefficient (Wildman–Crippen LogP) is 7.31. The van der Waals surface area contributed by atoms with Crippen LogP contribution in [0.25, 0.3) is 5.57 Å². The molecule has 2 aromatic carbocycles. The molecule has 0 saturated heterocycles. The Hall–Kier alpha value is -0.747. The van der Waals surface area contributed by atoms with Gasteiger partial charge in [-0.2, -0.15) is 12.8 Å². The van der Waals surface area contributed by atoms with E-state index in [0.717, 1.165) is 18.4 Å². The zero-order valence-electron chi connectivity index (χ0n) is 14.4. The molecule has 0 spiro atoms. The van der Waals surface area contributed by atoms with E-state index < -0.39 is 13.5 Å². The van der Waals surface area contributed by atoms with Crippen LogP contribution in [-0.2, 0) is 13.5 Å². The molecule has 0 aliphatic carbocycles. The van der Waals surface area contributed by atoms with Crippen molar-refractivity contribution in [3.05, 3.63) is 91.7 Å². The fourth-order valence-electron chi connectivity index (χ4n) is 1.70. The van der Waals surface area contributed by atoms with Crippen LogP contribution >= 0.6 is 19.4 Å². The normalized spacial score (nSPS) is 9.50. The molecule has 2 rings (SSSR count). The molecule has 134 valence electrons. The van der Waals surface area contributed by atoms with E-state index in [0.29, 0.717) is 0 Å². The minimum absolute atomic E-state index is 1.00. The second kappa shape index (κ2) is 15.8. The first-order chi connectivity index (χ1) is 11.6. The number of halogens is 2. The summed E-state index contributed by atoms with van der Waals surface area (Å²) in [7, 11) is 11.8. The quantitative estimate of drug-likeness (QED) is 0.340. The standard InChI is InChI=1S/C15H12.2C3H7.2ClH.Ru/c1-2-15(13-9-5-3-6-10-13)14-11-7-4-8-12-14;2*1-3-2;;;/h1-12H;2*1,3H2,2H3;2*1H;/q;2*-1;;;+2/p-2. The average Bonchev–Trinajstić information content (AvgIpc) is 2.58. The number of benzene rings is 2. The number of hydrogen-bond acceptors (Lipinski definition) is 0. The van der Waals surface area contributed by atoms with Crippen molar-refractivity contribution in [1.82, 2.24) is 0 Å². The van der Waals surface area contributed by atoms with Gasteiger partial charge in [0.1, 0.15) is 0 Å². The van der Waals surface area contributed by atoms with Crippen LogP contribution in [0.2, 0.25) is 0 Å². The molecule has 0 N–H and O–H groups in total. The van der Waals surface area contributed by atoms with Gasteiger partial charge >= 0.3 is 121 Å². The molecule has 0 aromatic heterocycles. The summed E-state index contributed by atoms with van der Waals surface area (Å²) in [6.07, 6.45) is 4.03. The summed E-state index contributed by atoms with van der Waals surface area (Å²) in [6, 6.07) is 20.5. The van der Waals surface area contributed by atoms with Gasteiger partial charge in [0, 0.05) is 0 Å². The SMILES string of the molecule is [CH2-]CC.[CH2-]CC.[Cl][Ru]([Cl])=[CH]C=C(c1ccccc1)c1ccccc1. The zero-order chi connectivity index (χ0) is 18.2. The topological polar surface area (TPSA) is 0 Å². The molecule has 0 atom stereocenters. The Bertz CT molecular complexity index is 542. The first-order valence-electron chi connectivity index (χ1n) is 7.83. The summed E-state index contributed by atoms with van der Waals surface area (Å²) in [5.74, 6) is 0.